The number of methoxy groups -OCH3 is 1. The second-order valence-corrected chi connectivity index (χ2v) is 4.26. The first-order chi connectivity index (χ1) is 7.31. The Balaban J connectivity index is 2.76. The molecule has 2 unspecified atom stereocenters. The second-order valence-electron chi connectivity index (χ2n) is 4.26. The molecule has 94 valence electrons. The minimum Gasteiger partial charge on any atom is -0.481 e. The van der Waals surface area contributed by atoms with Gasteiger partial charge in [0.05, 0.1) is 0 Å². The Morgan fingerprint density at radius 1 is 1.56 bits per heavy atom. The van der Waals surface area contributed by atoms with Crippen molar-refractivity contribution in [1.82, 2.24) is 0 Å². The van der Waals surface area contributed by atoms with E-state index in [1.807, 2.05) is 0 Å². The molecule has 0 aromatic heterocycles. The van der Waals surface area contributed by atoms with E-state index in [1.165, 1.54) is 0 Å². The number of ether oxygens (including phenoxy) is 1. The fourth-order valence-corrected chi connectivity index (χ4v) is 2.33. The zero-order chi connectivity index (χ0) is 12.4. The van der Waals surface area contributed by atoms with Crippen LogP contribution in [0.15, 0.2) is 0 Å². The molecule has 0 bridgehead atoms. The highest BCUT2D eigenvalue weighted by molar-refractivity contribution is 5.67. The number of halogens is 3. The molecule has 0 saturated heterocycles. The predicted molar refractivity (Wildman–Crippen MR) is 50.0 cm³/mol. The lowest BCUT2D eigenvalue weighted by Crippen LogP contribution is -2.50. The molecule has 0 aliphatic heterocycles. The highest BCUT2D eigenvalue weighted by atomic mass is 19.4. The molecule has 16 heavy (non-hydrogen) atoms. The van der Waals surface area contributed by atoms with E-state index in [0.29, 0.717) is 12.8 Å². The largest absolute Gasteiger partial charge is 0.481 e. The normalized spacial score (nSPS) is 31.4. The first-order valence-corrected chi connectivity index (χ1v) is 5.14. The molecule has 0 spiro atoms. The molecular formula is C10H15F3O3. The van der Waals surface area contributed by atoms with Crippen LogP contribution in [0.1, 0.15) is 32.1 Å². The first-order valence-electron chi connectivity index (χ1n) is 5.14. The van der Waals surface area contributed by atoms with Gasteiger partial charge < -0.3 is 9.84 Å². The summed E-state index contributed by atoms with van der Waals surface area (Å²) < 4.78 is 43.1. The van der Waals surface area contributed by atoms with Gasteiger partial charge in [-0.25, -0.2) is 0 Å². The van der Waals surface area contributed by atoms with Crippen molar-refractivity contribution in [3.63, 3.8) is 0 Å². The van der Waals surface area contributed by atoms with E-state index < -0.39 is 23.7 Å². The maximum absolute atomic E-state index is 12.8. The van der Waals surface area contributed by atoms with Gasteiger partial charge >= 0.3 is 12.1 Å². The van der Waals surface area contributed by atoms with Gasteiger partial charge in [-0.2, -0.15) is 13.2 Å². The number of carbonyl (C=O) groups is 1. The van der Waals surface area contributed by atoms with Crippen LogP contribution in [0.25, 0.3) is 0 Å². The zero-order valence-corrected chi connectivity index (χ0v) is 9.01. The van der Waals surface area contributed by atoms with Gasteiger partial charge in [0.1, 0.15) is 0 Å². The van der Waals surface area contributed by atoms with Crippen molar-refractivity contribution in [2.45, 2.75) is 43.9 Å². The minimum atomic E-state index is -4.43. The van der Waals surface area contributed by atoms with Gasteiger partial charge in [0, 0.05) is 13.5 Å². The maximum atomic E-state index is 12.8. The smallest absolute Gasteiger partial charge is 0.417 e. The number of hydrogen-bond acceptors (Lipinski definition) is 2. The van der Waals surface area contributed by atoms with Crippen LogP contribution in [-0.4, -0.2) is 30.0 Å². The SMILES string of the molecule is COC1(C(F)(F)F)CCCC(CC(=O)O)C1. The van der Waals surface area contributed by atoms with Crippen molar-refractivity contribution < 1.29 is 27.8 Å². The molecule has 2 atom stereocenters. The van der Waals surface area contributed by atoms with Crippen LogP contribution in [0.4, 0.5) is 13.2 Å². The molecule has 0 aromatic rings. The summed E-state index contributed by atoms with van der Waals surface area (Å²) >= 11 is 0. The van der Waals surface area contributed by atoms with E-state index in [4.69, 9.17) is 5.11 Å². The van der Waals surface area contributed by atoms with E-state index in [9.17, 15) is 18.0 Å². The number of rotatable bonds is 3. The quantitative estimate of drug-likeness (QED) is 0.824. The lowest BCUT2D eigenvalue weighted by molar-refractivity contribution is -0.284. The average molecular weight is 240 g/mol. The van der Waals surface area contributed by atoms with Crippen molar-refractivity contribution in [1.29, 1.82) is 0 Å². The molecule has 0 radical (unpaired) electrons. The summed E-state index contributed by atoms with van der Waals surface area (Å²) in [7, 11) is 1.04. The van der Waals surface area contributed by atoms with Crippen molar-refractivity contribution in [2.24, 2.45) is 5.92 Å². The van der Waals surface area contributed by atoms with E-state index in [0.717, 1.165) is 7.11 Å². The van der Waals surface area contributed by atoms with Crippen LogP contribution >= 0.6 is 0 Å². The van der Waals surface area contributed by atoms with E-state index in [2.05, 4.69) is 4.74 Å². The van der Waals surface area contributed by atoms with Crippen molar-refractivity contribution >= 4 is 5.97 Å². The molecule has 0 amide bonds. The summed E-state index contributed by atoms with van der Waals surface area (Å²) in [6.45, 7) is 0. The first kappa shape index (κ1) is 13.3. The van der Waals surface area contributed by atoms with Gasteiger partial charge in [0.2, 0.25) is 0 Å². The van der Waals surface area contributed by atoms with E-state index in [-0.39, 0.29) is 19.3 Å². The molecule has 1 aliphatic carbocycles. The van der Waals surface area contributed by atoms with Crippen LogP contribution in [0, 0.1) is 5.92 Å². The molecule has 0 aromatic carbocycles. The summed E-state index contributed by atoms with van der Waals surface area (Å²) in [5.41, 5.74) is -2.15. The fourth-order valence-electron chi connectivity index (χ4n) is 2.33. The van der Waals surface area contributed by atoms with Crippen LogP contribution in [0.2, 0.25) is 0 Å². The van der Waals surface area contributed by atoms with Crippen LogP contribution in [0.3, 0.4) is 0 Å². The average Bonchev–Trinajstić information content (AvgIpc) is 2.15. The molecule has 3 nitrogen and oxygen atoms in total. The Morgan fingerprint density at radius 2 is 2.19 bits per heavy atom. The summed E-state index contributed by atoms with van der Waals surface area (Å²) in [5.74, 6) is -1.51. The molecule has 1 rings (SSSR count). The van der Waals surface area contributed by atoms with Crippen molar-refractivity contribution in [3.8, 4) is 0 Å². The lowest BCUT2D eigenvalue weighted by atomic mass is 9.76. The summed E-state index contributed by atoms with van der Waals surface area (Å²) in [4.78, 5) is 10.5. The Kier molecular flexibility index (Phi) is 3.83. The standard InChI is InChI=1S/C10H15F3O3/c1-16-9(10(11,12)13)4-2-3-7(6-9)5-8(14)15/h7H,2-6H2,1H3,(H,14,15). The Morgan fingerprint density at radius 3 is 2.62 bits per heavy atom. The topological polar surface area (TPSA) is 46.5 Å². The number of hydrogen-bond donors (Lipinski definition) is 1. The van der Waals surface area contributed by atoms with Gasteiger partial charge in [0.25, 0.3) is 0 Å². The third-order valence-corrected chi connectivity index (χ3v) is 3.18. The Bertz CT molecular complexity index is 265. The molecule has 1 N–H and O–H groups in total. The second kappa shape index (κ2) is 4.61. The number of carboxylic acids is 1. The Labute approximate surface area is 91.6 Å². The molecule has 6 heteroatoms. The summed E-state index contributed by atoms with van der Waals surface area (Å²) in [6.07, 6.45) is -4.11. The van der Waals surface area contributed by atoms with Gasteiger partial charge in [-0.05, 0) is 31.6 Å². The molecular weight excluding hydrogens is 225 g/mol. The Hall–Kier alpha value is -0.780. The third kappa shape index (κ3) is 2.66. The van der Waals surface area contributed by atoms with Gasteiger partial charge in [-0.3, -0.25) is 4.79 Å². The fraction of sp³-hybridized carbons (Fsp3) is 0.900. The van der Waals surface area contributed by atoms with E-state index >= 15 is 0 Å². The van der Waals surface area contributed by atoms with E-state index in [1.54, 1.807) is 0 Å². The van der Waals surface area contributed by atoms with Crippen molar-refractivity contribution in [2.75, 3.05) is 7.11 Å². The lowest BCUT2D eigenvalue weighted by Gasteiger charge is -2.40. The third-order valence-electron chi connectivity index (χ3n) is 3.18. The summed E-state index contributed by atoms with van der Waals surface area (Å²) in [6, 6.07) is 0. The number of aliphatic carboxylic acids is 1. The number of carboxylic acid groups (broad SMARTS) is 1. The van der Waals surface area contributed by atoms with Crippen LogP contribution in [0.5, 0.6) is 0 Å². The van der Waals surface area contributed by atoms with Gasteiger partial charge in [-0.15, -0.1) is 0 Å². The highest BCUT2D eigenvalue weighted by Crippen LogP contribution is 2.46. The zero-order valence-electron chi connectivity index (χ0n) is 9.01. The predicted octanol–water partition coefficient (Wildman–Crippen LogP) is 2.60. The highest BCUT2D eigenvalue weighted by Gasteiger charge is 2.57. The van der Waals surface area contributed by atoms with Crippen LogP contribution < -0.4 is 0 Å². The molecule has 1 fully saturated rings. The molecule has 1 saturated carbocycles. The maximum Gasteiger partial charge on any atom is 0.417 e. The molecule has 0 heterocycles. The van der Waals surface area contributed by atoms with Crippen LogP contribution in [-0.2, 0) is 9.53 Å². The van der Waals surface area contributed by atoms with Gasteiger partial charge in [-0.1, -0.05) is 0 Å². The molecule has 1 aliphatic rings. The number of alkyl halides is 3. The monoisotopic (exact) mass is 240 g/mol. The minimum absolute atomic E-state index is 0.0802. The summed E-state index contributed by atoms with van der Waals surface area (Å²) in [5, 5.41) is 8.59. The van der Waals surface area contributed by atoms with Gasteiger partial charge in [0.15, 0.2) is 5.60 Å². The van der Waals surface area contributed by atoms with Crippen molar-refractivity contribution in [3.05, 3.63) is 0 Å².